The number of benzene rings is 1. The van der Waals surface area contributed by atoms with E-state index in [1.54, 1.807) is 22.5 Å². The Balaban J connectivity index is 1.39. The fourth-order valence-electron chi connectivity index (χ4n) is 4.87. The zero-order valence-corrected chi connectivity index (χ0v) is 21.9. The summed E-state index contributed by atoms with van der Waals surface area (Å²) < 4.78 is 27.8. The van der Waals surface area contributed by atoms with Crippen molar-refractivity contribution < 1.29 is 13.2 Å². The van der Waals surface area contributed by atoms with Gasteiger partial charge in [-0.2, -0.15) is 4.31 Å². The topological polar surface area (TPSA) is 112 Å². The second-order valence-corrected chi connectivity index (χ2v) is 12.7. The standard InChI is InChI=1S/C24H32N6O3S2/c1-3-20(23(31)29-13-9-16(2)10-14-29)34-24-26-22-21(27-28-24)18-15-17(7-8-19(18)25-22)35(32,33)30-11-5-4-6-12-30/h7-8,15-16,20H,3-6,9-14H2,1-2H3,(H,25,26,28). The van der Waals surface area contributed by atoms with Crippen LogP contribution >= 0.6 is 11.8 Å². The van der Waals surface area contributed by atoms with Crippen molar-refractivity contribution in [1.29, 1.82) is 0 Å². The van der Waals surface area contributed by atoms with Gasteiger partial charge in [0, 0.05) is 37.1 Å². The van der Waals surface area contributed by atoms with Gasteiger partial charge >= 0.3 is 0 Å². The highest BCUT2D eigenvalue weighted by molar-refractivity contribution is 8.00. The normalized spacial score (nSPS) is 19.4. The van der Waals surface area contributed by atoms with Gasteiger partial charge in [-0.05, 0) is 56.2 Å². The third-order valence-corrected chi connectivity index (χ3v) is 10.2. The van der Waals surface area contributed by atoms with Gasteiger partial charge in [0.15, 0.2) is 5.65 Å². The summed E-state index contributed by atoms with van der Waals surface area (Å²) in [6, 6.07) is 5.06. The van der Waals surface area contributed by atoms with Crippen LogP contribution in [-0.2, 0) is 14.8 Å². The number of nitrogens with one attached hydrogen (secondary N) is 1. The molecule has 1 unspecified atom stereocenters. The number of fused-ring (bicyclic) bond motifs is 3. The van der Waals surface area contributed by atoms with Crippen molar-refractivity contribution >= 4 is 49.8 Å². The Kier molecular flexibility index (Phi) is 7.00. The van der Waals surface area contributed by atoms with Crippen LogP contribution < -0.4 is 0 Å². The second-order valence-electron chi connectivity index (χ2n) is 9.61. The van der Waals surface area contributed by atoms with Gasteiger partial charge in [-0.25, -0.2) is 13.4 Å². The number of hydrogen-bond acceptors (Lipinski definition) is 7. The molecule has 0 radical (unpaired) electrons. The lowest BCUT2D eigenvalue weighted by molar-refractivity contribution is -0.131. The molecule has 11 heteroatoms. The van der Waals surface area contributed by atoms with E-state index in [9.17, 15) is 13.2 Å². The quantitative estimate of drug-likeness (QED) is 0.496. The molecule has 188 valence electrons. The van der Waals surface area contributed by atoms with Crippen molar-refractivity contribution in [2.75, 3.05) is 26.2 Å². The third kappa shape index (κ3) is 4.90. The number of rotatable bonds is 6. The summed E-state index contributed by atoms with van der Waals surface area (Å²) in [5.74, 6) is 0.802. The number of thioether (sulfide) groups is 1. The predicted molar refractivity (Wildman–Crippen MR) is 137 cm³/mol. The van der Waals surface area contributed by atoms with Crippen molar-refractivity contribution in [3.05, 3.63) is 18.2 Å². The third-order valence-electron chi connectivity index (χ3n) is 7.11. The van der Waals surface area contributed by atoms with Gasteiger partial charge in [-0.15, -0.1) is 10.2 Å². The van der Waals surface area contributed by atoms with Crippen LogP contribution in [0.2, 0.25) is 0 Å². The Hall–Kier alpha value is -2.24. The Labute approximate surface area is 210 Å². The molecule has 4 heterocycles. The summed E-state index contributed by atoms with van der Waals surface area (Å²) in [5, 5.41) is 9.53. The number of likely N-dealkylation sites (tertiary alicyclic amines) is 1. The van der Waals surface area contributed by atoms with Crippen LogP contribution in [0, 0.1) is 5.92 Å². The first-order valence-corrected chi connectivity index (χ1v) is 14.8. The maximum Gasteiger partial charge on any atom is 0.243 e. The van der Waals surface area contributed by atoms with Crippen molar-refractivity contribution in [2.24, 2.45) is 5.92 Å². The summed E-state index contributed by atoms with van der Waals surface area (Å²) >= 11 is 1.34. The fourth-order valence-corrected chi connectivity index (χ4v) is 7.32. The molecule has 2 fully saturated rings. The van der Waals surface area contributed by atoms with Crippen LogP contribution in [0.5, 0.6) is 0 Å². The number of carbonyl (C=O) groups is 1. The maximum atomic E-state index is 13.1. The Morgan fingerprint density at radius 1 is 1.14 bits per heavy atom. The molecule has 0 aliphatic carbocycles. The smallest absolute Gasteiger partial charge is 0.243 e. The fraction of sp³-hybridized carbons (Fsp3) is 0.583. The maximum absolute atomic E-state index is 13.1. The monoisotopic (exact) mass is 516 g/mol. The number of hydrogen-bond donors (Lipinski definition) is 1. The van der Waals surface area contributed by atoms with Gasteiger partial charge in [0.2, 0.25) is 21.1 Å². The molecule has 0 saturated carbocycles. The molecule has 0 spiro atoms. The molecular weight excluding hydrogens is 484 g/mol. The first-order valence-electron chi connectivity index (χ1n) is 12.5. The van der Waals surface area contributed by atoms with E-state index in [1.165, 1.54) is 11.8 Å². The van der Waals surface area contributed by atoms with Gasteiger partial charge in [-0.3, -0.25) is 4.79 Å². The minimum atomic E-state index is -3.55. The molecule has 3 aromatic rings. The highest BCUT2D eigenvalue weighted by Crippen LogP contribution is 2.30. The molecule has 2 aliphatic heterocycles. The van der Waals surface area contributed by atoms with Gasteiger partial charge in [0.05, 0.1) is 10.1 Å². The van der Waals surface area contributed by atoms with Gasteiger partial charge < -0.3 is 9.88 Å². The number of amides is 1. The first kappa shape index (κ1) is 24.5. The molecule has 1 aromatic carbocycles. The SMILES string of the molecule is CCC(Sc1nnc2c(n1)[nH]c1ccc(S(=O)(=O)N3CCCCC3)cc12)C(=O)N1CCC(C)CC1. The number of aromatic nitrogens is 4. The van der Waals surface area contributed by atoms with E-state index in [2.05, 4.69) is 27.1 Å². The van der Waals surface area contributed by atoms with Crippen LogP contribution in [0.3, 0.4) is 0 Å². The number of piperidine rings is 2. The minimum Gasteiger partial charge on any atom is -0.342 e. The molecule has 1 atom stereocenters. The predicted octanol–water partition coefficient (Wildman–Crippen LogP) is 3.81. The molecule has 35 heavy (non-hydrogen) atoms. The van der Waals surface area contributed by atoms with Crippen LogP contribution in [0.15, 0.2) is 28.3 Å². The molecule has 2 aliphatic rings. The van der Waals surface area contributed by atoms with E-state index in [4.69, 9.17) is 0 Å². The minimum absolute atomic E-state index is 0.136. The molecule has 2 saturated heterocycles. The van der Waals surface area contributed by atoms with Gasteiger partial charge in [-0.1, -0.05) is 32.0 Å². The first-order chi connectivity index (χ1) is 16.9. The van der Waals surface area contributed by atoms with Crippen LogP contribution in [-0.4, -0.2) is 75.1 Å². The summed E-state index contributed by atoms with van der Waals surface area (Å²) in [7, 11) is -3.55. The zero-order chi connectivity index (χ0) is 24.6. The number of carbonyl (C=O) groups excluding carboxylic acids is 1. The highest BCUT2D eigenvalue weighted by Gasteiger charge is 2.29. The Morgan fingerprint density at radius 3 is 2.60 bits per heavy atom. The molecule has 5 rings (SSSR count). The summed E-state index contributed by atoms with van der Waals surface area (Å²) in [5.41, 5.74) is 1.83. The van der Waals surface area contributed by atoms with Crippen LogP contribution in [0.25, 0.3) is 22.1 Å². The lowest BCUT2D eigenvalue weighted by Gasteiger charge is -2.32. The summed E-state index contributed by atoms with van der Waals surface area (Å²) in [6.45, 7) is 6.96. The summed E-state index contributed by atoms with van der Waals surface area (Å²) in [6.07, 6.45) is 5.62. The number of aromatic amines is 1. The number of sulfonamides is 1. The Morgan fingerprint density at radius 2 is 1.89 bits per heavy atom. The molecule has 1 N–H and O–H groups in total. The van der Waals surface area contributed by atoms with E-state index in [0.29, 0.717) is 47.1 Å². The van der Waals surface area contributed by atoms with Gasteiger partial charge in [0.1, 0.15) is 5.52 Å². The van der Waals surface area contributed by atoms with Crippen LogP contribution in [0.1, 0.15) is 52.4 Å². The summed E-state index contributed by atoms with van der Waals surface area (Å²) in [4.78, 5) is 23.1. The lowest BCUT2D eigenvalue weighted by atomic mass is 9.99. The van der Waals surface area contributed by atoms with Crippen LogP contribution in [0.4, 0.5) is 0 Å². The van der Waals surface area contributed by atoms with Crippen molar-refractivity contribution in [1.82, 2.24) is 29.4 Å². The van der Waals surface area contributed by atoms with E-state index in [0.717, 1.165) is 50.7 Å². The second kappa shape index (κ2) is 10.0. The number of nitrogens with zero attached hydrogens (tertiary/aromatic N) is 5. The molecule has 0 bridgehead atoms. The number of H-pyrrole nitrogens is 1. The Bertz CT molecular complexity index is 1330. The van der Waals surface area contributed by atoms with Crippen molar-refractivity contribution in [3.8, 4) is 0 Å². The zero-order valence-electron chi connectivity index (χ0n) is 20.2. The largest absolute Gasteiger partial charge is 0.342 e. The molecule has 1 amide bonds. The van der Waals surface area contributed by atoms with E-state index in [-0.39, 0.29) is 16.1 Å². The average Bonchev–Trinajstić information content (AvgIpc) is 3.25. The van der Waals surface area contributed by atoms with Crippen molar-refractivity contribution in [3.63, 3.8) is 0 Å². The average molecular weight is 517 g/mol. The van der Waals surface area contributed by atoms with Crippen molar-refractivity contribution in [2.45, 2.75) is 67.7 Å². The molecular formula is C24H32N6O3S2. The molecule has 2 aromatic heterocycles. The van der Waals surface area contributed by atoms with E-state index < -0.39 is 10.0 Å². The van der Waals surface area contributed by atoms with E-state index in [1.807, 2.05) is 11.8 Å². The molecule has 9 nitrogen and oxygen atoms in total. The van der Waals surface area contributed by atoms with E-state index >= 15 is 0 Å². The van der Waals surface area contributed by atoms with Gasteiger partial charge in [0.25, 0.3) is 0 Å². The highest BCUT2D eigenvalue weighted by atomic mass is 32.2. The lowest BCUT2D eigenvalue weighted by Crippen LogP contribution is -2.42.